The molecule has 0 atom stereocenters. The molecule has 0 fully saturated rings. The molecule has 11 heavy (non-hydrogen) atoms. The van der Waals surface area contributed by atoms with Gasteiger partial charge in [0.1, 0.15) is 5.82 Å². The first-order chi connectivity index (χ1) is 5.20. The standard InChI is InChI=1S/C8H3FO2/c9-4-1-2-5-6(3-4)8(11)7(5)10/h1-3H. The highest BCUT2D eigenvalue weighted by atomic mass is 19.1. The summed E-state index contributed by atoms with van der Waals surface area (Å²) in [6.07, 6.45) is 0. The van der Waals surface area contributed by atoms with E-state index in [-0.39, 0.29) is 5.39 Å². The molecule has 0 saturated carbocycles. The second-order valence-electron chi connectivity index (χ2n) is 2.35. The summed E-state index contributed by atoms with van der Waals surface area (Å²) in [5, 5.41) is 0.534. The average Bonchev–Trinajstić information content (AvgIpc) is 2.03. The minimum Gasteiger partial charge on any atom is -0.285 e. The van der Waals surface area contributed by atoms with Crippen LogP contribution >= 0.6 is 0 Å². The van der Waals surface area contributed by atoms with Crippen molar-refractivity contribution in [3.05, 3.63) is 44.5 Å². The molecular formula is C8H3FO2. The van der Waals surface area contributed by atoms with Gasteiger partial charge in [-0.05, 0) is 18.2 Å². The van der Waals surface area contributed by atoms with Gasteiger partial charge in [-0.25, -0.2) is 4.39 Å². The molecule has 0 saturated heterocycles. The lowest BCUT2D eigenvalue weighted by Gasteiger charge is -1.96. The first-order valence-corrected chi connectivity index (χ1v) is 3.09. The van der Waals surface area contributed by atoms with Crippen LogP contribution in [0.5, 0.6) is 0 Å². The topological polar surface area (TPSA) is 34.1 Å². The normalized spacial score (nSPS) is 11.0. The maximum Gasteiger partial charge on any atom is 0.234 e. The molecule has 3 heteroatoms. The van der Waals surface area contributed by atoms with Crippen molar-refractivity contribution < 1.29 is 4.39 Å². The van der Waals surface area contributed by atoms with E-state index in [9.17, 15) is 14.0 Å². The molecule has 2 rings (SSSR count). The summed E-state index contributed by atoms with van der Waals surface area (Å²) in [5.74, 6) is -0.482. The minimum absolute atomic E-state index is 0.204. The van der Waals surface area contributed by atoms with Gasteiger partial charge in [-0.1, -0.05) is 0 Å². The summed E-state index contributed by atoms with van der Waals surface area (Å²) in [4.78, 5) is 21.4. The molecule has 2 nitrogen and oxygen atoms in total. The van der Waals surface area contributed by atoms with Crippen LogP contribution in [0.1, 0.15) is 0 Å². The van der Waals surface area contributed by atoms with Crippen molar-refractivity contribution in [3.8, 4) is 0 Å². The minimum atomic E-state index is -0.584. The largest absolute Gasteiger partial charge is 0.285 e. The van der Waals surface area contributed by atoms with E-state index in [2.05, 4.69) is 0 Å². The number of hydrogen-bond donors (Lipinski definition) is 0. The molecule has 0 spiro atoms. The number of fused-ring (bicyclic) bond motifs is 1. The lowest BCUT2D eigenvalue weighted by Crippen LogP contribution is -2.30. The van der Waals surface area contributed by atoms with Gasteiger partial charge < -0.3 is 0 Å². The molecule has 0 heterocycles. The van der Waals surface area contributed by atoms with Gasteiger partial charge in [-0.3, -0.25) is 9.59 Å². The second kappa shape index (κ2) is 1.75. The maximum absolute atomic E-state index is 12.4. The third-order valence-corrected chi connectivity index (χ3v) is 1.68. The van der Waals surface area contributed by atoms with Gasteiger partial charge in [-0.2, -0.15) is 0 Å². The lowest BCUT2D eigenvalue weighted by atomic mass is 10.1. The fraction of sp³-hybridized carbons (Fsp3) is 0. The average molecular weight is 150 g/mol. The van der Waals surface area contributed by atoms with Crippen molar-refractivity contribution in [2.75, 3.05) is 0 Å². The first-order valence-electron chi connectivity index (χ1n) is 3.09. The fourth-order valence-corrected chi connectivity index (χ4v) is 1.08. The van der Waals surface area contributed by atoms with Gasteiger partial charge in [0.2, 0.25) is 10.9 Å². The van der Waals surface area contributed by atoms with Crippen molar-refractivity contribution in [2.45, 2.75) is 0 Å². The van der Waals surface area contributed by atoms with Crippen molar-refractivity contribution in [1.82, 2.24) is 0 Å². The van der Waals surface area contributed by atoms with Crippen LogP contribution in [0, 0.1) is 5.82 Å². The Balaban J connectivity index is 2.99. The van der Waals surface area contributed by atoms with Gasteiger partial charge in [0.25, 0.3) is 0 Å². The summed E-state index contributed by atoms with van der Waals surface area (Å²) in [6.45, 7) is 0. The quantitative estimate of drug-likeness (QED) is 0.514. The SMILES string of the molecule is O=c1c(=O)c2cc(F)ccc12. The van der Waals surface area contributed by atoms with E-state index in [4.69, 9.17) is 0 Å². The summed E-state index contributed by atoms with van der Waals surface area (Å²) < 4.78 is 12.4. The van der Waals surface area contributed by atoms with E-state index in [0.717, 1.165) is 6.07 Å². The van der Waals surface area contributed by atoms with E-state index in [1.165, 1.54) is 12.1 Å². The van der Waals surface area contributed by atoms with Crippen molar-refractivity contribution in [3.63, 3.8) is 0 Å². The zero-order valence-electron chi connectivity index (χ0n) is 5.43. The Bertz CT molecular complexity index is 492. The molecule has 0 N–H and O–H groups in total. The highest BCUT2D eigenvalue weighted by Crippen LogP contribution is 2.08. The Labute approximate surface area is 60.6 Å². The second-order valence-corrected chi connectivity index (χ2v) is 2.35. The molecule has 2 aromatic carbocycles. The predicted molar refractivity (Wildman–Crippen MR) is 38.8 cm³/mol. The molecule has 0 amide bonds. The van der Waals surface area contributed by atoms with Crippen LogP contribution in [0.4, 0.5) is 4.39 Å². The molecule has 0 aliphatic heterocycles. The number of halogens is 1. The molecule has 0 radical (unpaired) electrons. The lowest BCUT2D eigenvalue weighted by molar-refractivity contribution is 0.629. The van der Waals surface area contributed by atoms with Crippen molar-refractivity contribution >= 4 is 10.8 Å². The van der Waals surface area contributed by atoms with E-state index in [0.29, 0.717) is 5.39 Å². The number of benzene rings is 1. The number of rotatable bonds is 0. The van der Waals surface area contributed by atoms with E-state index in [1.54, 1.807) is 0 Å². The zero-order chi connectivity index (χ0) is 8.01. The highest BCUT2D eigenvalue weighted by Gasteiger charge is 2.11. The van der Waals surface area contributed by atoms with Crippen LogP contribution in [0.2, 0.25) is 0 Å². The van der Waals surface area contributed by atoms with Crippen LogP contribution in [0.3, 0.4) is 0 Å². The smallest absolute Gasteiger partial charge is 0.234 e. The molecule has 54 valence electrons. The van der Waals surface area contributed by atoms with Crippen LogP contribution in [-0.4, -0.2) is 0 Å². The van der Waals surface area contributed by atoms with Gasteiger partial charge in [0.15, 0.2) is 0 Å². The summed E-state index contributed by atoms with van der Waals surface area (Å²) in [5.41, 5.74) is -1.10. The van der Waals surface area contributed by atoms with Crippen LogP contribution in [0.15, 0.2) is 27.8 Å². The van der Waals surface area contributed by atoms with Gasteiger partial charge in [0.05, 0.1) is 0 Å². The predicted octanol–water partition coefficient (Wildman–Crippen LogP) is 0.575. The van der Waals surface area contributed by atoms with Gasteiger partial charge in [-0.15, -0.1) is 0 Å². The number of hydrogen-bond acceptors (Lipinski definition) is 2. The fourth-order valence-electron chi connectivity index (χ4n) is 1.08. The Morgan fingerprint density at radius 1 is 1.00 bits per heavy atom. The van der Waals surface area contributed by atoms with E-state index >= 15 is 0 Å². The molecular weight excluding hydrogens is 147 g/mol. The molecule has 0 aromatic heterocycles. The first kappa shape index (κ1) is 6.22. The van der Waals surface area contributed by atoms with Crippen LogP contribution < -0.4 is 10.9 Å². The Kier molecular flexibility index (Phi) is 0.990. The summed E-state index contributed by atoms with van der Waals surface area (Å²) in [6, 6.07) is 3.58. The maximum atomic E-state index is 12.4. The third-order valence-electron chi connectivity index (χ3n) is 1.68. The van der Waals surface area contributed by atoms with Crippen molar-refractivity contribution in [2.24, 2.45) is 0 Å². The molecule has 0 unspecified atom stereocenters. The van der Waals surface area contributed by atoms with Gasteiger partial charge in [0, 0.05) is 10.8 Å². The van der Waals surface area contributed by atoms with Crippen LogP contribution in [-0.2, 0) is 0 Å². The molecule has 0 aliphatic carbocycles. The Morgan fingerprint density at radius 3 is 2.36 bits per heavy atom. The van der Waals surface area contributed by atoms with E-state index in [1.807, 2.05) is 0 Å². The third kappa shape index (κ3) is 0.648. The van der Waals surface area contributed by atoms with Crippen LogP contribution in [0.25, 0.3) is 10.8 Å². The van der Waals surface area contributed by atoms with E-state index < -0.39 is 16.7 Å². The monoisotopic (exact) mass is 150 g/mol. The molecule has 2 aromatic rings. The van der Waals surface area contributed by atoms with Crippen molar-refractivity contribution in [1.29, 1.82) is 0 Å². The highest BCUT2D eigenvalue weighted by molar-refractivity contribution is 5.87. The summed E-state index contributed by atoms with van der Waals surface area (Å²) >= 11 is 0. The Hall–Kier alpha value is -1.51. The Morgan fingerprint density at radius 2 is 1.64 bits per heavy atom. The molecule has 0 aliphatic rings. The molecule has 0 bridgehead atoms. The zero-order valence-corrected chi connectivity index (χ0v) is 5.43. The van der Waals surface area contributed by atoms with Gasteiger partial charge >= 0.3 is 0 Å². The summed E-state index contributed by atoms with van der Waals surface area (Å²) in [7, 11) is 0.